The minimum absolute atomic E-state index is 0.130. The van der Waals surface area contributed by atoms with Crippen LogP contribution < -0.4 is 11.2 Å². The first-order chi connectivity index (χ1) is 10.4. The normalized spacial score (nSPS) is 16.5. The third-order valence-corrected chi connectivity index (χ3v) is 6.66. The molecular formula is C15H24N2O5S. The molecular weight excluding hydrogens is 320 g/mol. The Bertz CT molecular complexity index is 668. The number of sulfone groups is 1. The fraction of sp³-hybridized carbons (Fsp3) is 0.533. The Morgan fingerprint density at radius 3 is 2.13 bits per heavy atom. The quantitative estimate of drug-likeness (QED) is 0.444. The van der Waals surface area contributed by atoms with E-state index in [1.54, 1.807) is 12.1 Å². The summed E-state index contributed by atoms with van der Waals surface area (Å²) in [5, 5.41) is 18.5. The molecule has 23 heavy (non-hydrogen) atoms. The summed E-state index contributed by atoms with van der Waals surface area (Å²) in [5.41, 5.74) is 7.65. The van der Waals surface area contributed by atoms with Crippen LogP contribution in [-0.4, -0.2) is 35.6 Å². The van der Waals surface area contributed by atoms with Crippen molar-refractivity contribution in [3.63, 3.8) is 0 Å². The molecule has 1 rings (SSSR count). The van der Waals surface area contributed by atoms with Crippen LogP contribution in [0.2, 0.25) is 0 Å². The highest BCUT2D eigenvalue weighted by Gasteiger charge is 2.52. The standard InChI is InChI=1S/C15H24N2O5S/c1-5-14(3,4)11-6-8-12(9-7-11)23(21,22)15(16,10(2)18)13(19)17-20/h6-10,18,20H,5,16H2,1-4H3,(H,17,19)/t10-,15-/m1/s1. The van der Waals surface area contributed by atoms with Gasteiger partial charge >= 0.3 is 0 Å². The predicted molar refractivity (Wildman–Crippen MR) is 85.5 cm³/mol. The van der Waals surface area contributed by atoms with Crippen molar-refractivity contribution < 1.29 is 23.5 Å². The van der Waals surface area contributed by atoms with Gasteiger partial charge in [-0.3, -0.25) is 10.0 Å². The second-order valence-electron chi connectivity index (χ2n) is 6.18. The van der Waals surface area contributed by atoms with Gasteiger partial charge in [0.1, 0.15) is 0 Å². The summed E-state index contributed by atoms with van der Waals surface area (Å²) < 4.78 is 25.3. The van der Waals surface area contributed by atoms with Crippen molar-refractivity contribution in [1.82, 2.24) is 5.48 Å². The zero-order valence-corrected chi connectivity index (χ0v) is 14.5. The van der Waals surface area contributed by atoms with Crippen LogP contribution in [0.5, 0.6) is 0 Å². The molecule has 0 fully saturated rings. The van der Waals surface area contributed by atoms with Crippen molar-refractivity contribution >= 4 is 15.7 Å². The third kappa shape index (κ3) is 3.25. The van der Waals surface area contributed by atoms with Crippen LogP contribution in [0, 0.1) is 0 Å². The number of carbonyl (C=O) groups excluding carboxylic acids is 1. The maximum absolute atomic E-state index is 12.7. The van der Waals surface area contributed by atoms with Crippen molar-refractivity contribution in [2.75, 3.05) is 0 Å². The van der Waals surface area contributed by atoms with Gasteiger partial charge in [-0.2, -0.15) is 0 Å². The molecule has 8 heteroatoms. The highest BCUT2D eigenvalue weighted by molar-refractivity contribution is 7.93. The number of nitrogens with one attached hydrogen (secondary N) is 1. The zero-order valence-electron chi connectivity index (χ0n) is 13.7. The average Bonchev–Trinajstić information content (AvgIpc) is 2.52. The molecule has 1 aromatic carbocycles. The minimum Gasteiger partial charge on any atom is -0.390 e. The molecule has 0 aliphatic heterocycles. The Labute approximate surface area is 136 Å². The summed E-state index contributed by atoms with van der Waals surface area (Å²) in [6, 6.07) is 5.98. The van der Waals surface area contributed by atoms with Gasteiger partial charge in [0.25, 0.3) is 5.91 Å². The number of benzene rings is 1. The van der Waals surface area contributed by atoms with Crippen molar-refractivity contribution in [3.8, 4) is 0 Å². The van der Waals surface area contributed by atoms with Crippen molar-refractivity contribution in [3.05, 3.63) is 29.8 Å². The Balaban J connectivity index is 3.41. The highest BCUT2D eigenvalue weighted by atomic mass is 32.2. The predicted octanol–water partition coefficient (Wildman–Crippen LogP) is 0.689. The lowest BCUT2D eigenvalue weighted by Crippen LogP contribution is -2.65. The van der Waals surface area contributed by atoms with Crippen LogP contribution in [0.15, 0.2) is 29.2 Å². The number of aliphatic hydroxyl groups is 1. The van der Waals surface area contributed by atoms with E-state index in [2.05, 4.69) is 0 Å². The summed E-state index contributed by atoms with van der Waals surface area (Å²) in [7, 11) is -4.42. The third-order valence-electron chi connectivity index (χ3n) is 4.35. The lowest BCUT2D eigenvalue weighted by molar-refractivity contribution is -0.134. The van der Waals surface area contributed by atoms with Gasteiger partial charge in [-0.1, -0.05) is 32.9 Å². The second-order valence-corrected chi connectivity index (χ2v) is 8.33. The van der Waals surface area contributed by atoms with E-state index in [4.69, 9.17) is 10.9 Å². The first kappa shape index (κ1) is 19.6. The molecule has 7 nitrogen and oxygen atoms in total. The van der Waals surface area contributed by atoms with E-state index in [1.807, 2.05) is 20.8 Å². The number of carbonyl (C=O) groups is 1. The van der Waals surface area contributed by atoms with Crippen LogP contribution in [-0.2, 0) is 20.0 Å². The molecule has 0 saturated carbocycles. The molecule has 1 aromatic rings. The van der Waals surface area contributed by atoms with Crippen LogP contribution in [0.25, 0.3) is 0 Å². The molecule has 0 aromatic heterocycles. The summed E-state index contributed by atoms with van der Waals surface area (Å²) >= 11 is 0. The van der Waals surface area contributed by atoms with Gasteiger partial charge in [-0.15, -0.1) is 0 Å². The number of hydrogen-bond acceptors (Lipinski definition) is 6. The minimum atomic E-state index is -4.42. The molecule has 0 radical (unpaired) electrons. The molecule has 130 valence electrons. The van der Waals surface area contributed by atoms with Gasteiger partial charge in [0.2, 0.25) is 14.7 Å². The number of rotatable bonds is 6. The lowest BCUT2D eigenvalue weighted by Gasteiger charge is -2.30. The van der Waals surface area contributed by atoms with Crippen molar-refractivity contribution in [2.45, 2.75) is 55.4 Å². The summed E-state index contributed by atoms with van der Waals surface area (Å²) in [5.74, 6) is -1.40. The summed E-state index contributed by atoms with van der Waals surface area (Å²) in [6.07, 6.45) is -0.869. The maximum Gasteiger partial charge on any atom is 0.282 e. The van der Waals surface area contributed by atoms with E-state index < -0.39 is 26.7 Å². The first-order valence-corrected chi connectivity index (χ1v) is 8.70. The number of amides is 1. The van der Waals surface area contributed by atoms with E-state index >= 15 is 0 Å². The van der Waals surface area contributed by atoms with E-state index in [1.165, 1.54) is 17.6 Å². The smallest absolute Gasteiger partial charge is 0.282 e. The second kappa shape index (κ2) is 6.56. The fourth-order valence-corrected chi connectivity index (χ4v) is 3.73. The molecule has 0 unspecified atom stereocenters. The number of hydroxylamine groups is 1. The highest BCUT2D eigenvalue weighted by Crippen LogP contribution is 2.30. The van der Waals surface area contributed by atoms with E-state index in [0.717, 1.165) is 18.9 Å². The average molecular weight is 344 g/mol. The monoisotopic (exact) mass is 344 g/mol. The van der Waals surface area contributed by atoms with Gasteiger partial charge in [0.15, 0.2) is 0 Å². The molecule has 0 bridgehead atoms. The van der Waals surface area contributed by atoms with Crippen LogP contribution in [0.4, 0.5) is 0 Å². The molecule has 0 aliphatic rings. The fourth-order valence-electron chi connectivity index (χ4n) is 2.11. The van der Waals surface area contributed by atoms with Gasteiger partial charge in [0.05, 0.1) is 11.0 Å². The number of nitrogens with two attached hydrogens (primary N) is 1. The molecule has 2 atom stereocenters. The van der Waals surface area contributed by atoms with Gasteiger partial charge in [-0.05, 0) is 36.5 Å². The Kier molecular flexibility index (Phi) is 5.58. The Morgan fingerprint density at radius 2 is 1.78 bits per heavy atom. The van der Waals surface area contributed by atoms with Crippen LogP contribution in [0.1, 0.15) is 39.7 Å². The molecule has 0 saturated heterocycles. The van der Waals surface area contributed by atoms with Gasteiger partial charge in [-0.25, -0.2) is 13.9 Å². The Morgan fingerprint density at radius 1 is 1.30 bits per heavy atom. The number of aliphatic hydroxyl groups excluding tert-OH is 1. The lowest BCUT2D eigenvalue weighted by atomic mass is 9.82. The van der Waals surface area contributed by atoms with Crippen LogP contribution >= 0.6 is 0 Å². The van der Waals surface area contributed by atoms with Crippen molar-refractivity contribution in [2.24, 2.45) is 5.73 Å². The van der Waals surface area contributed by atoms with E-state index in [9.17, 15) is 18.3 Å². The van der Waals surface area contributed by atoms with Crippen LogP contribution in [0.3, 0.4) is 0 Å². The molecule has 0 spiro atoms. The van der Waals surface area contributed by atoms with Gasteiger partial charge < -0.3 is 10.8 Å². The van der Waals surface area contributed by atoms with Crippen molar-refractivity contribution in [1.29, 1.82) is 0 Å². The Hall–Kier alpha value is -1.48. The largest absolute Gasteiger partial charge is 0.390 e. The zero-order chi connectivity index (χ0) is 18.1. The maximum atomic E-state index is 12.7. The number of hydrogen-bond donors (Lipinski definition) is 4. The summed E-state index contributed by atoms with van der Waals surface area (Å²) in [6.45, 7) is 7.15. The summed E-state index contributed by atoms with van der Waals surface area (Å²) in [4.78, 5) is 8.84. The molecule has 0 aliphatic carbocycles. The topological polar surface area (TPSA) is 130 Å². The molecule has 1 amide bonds. The molecule has 5 N–H and O–H groups in total. The van der Waals surface area contributed by atoms with E-state index in [-0.39, 0.29) is 10.3 Å². The van der Waals surface area contributed by atoms with Gasteiger partial charge in [0, 0.05) is 0 Å². The SMILES string of the molecule is CCC(C)(C)c1ccc(S(=O)(=O)[C@@](N)(C(=O)NO)[C@@H](C)O)cc1. The molecule has 0 heterocycles. The van der Waals surface area contributed by atoms with E-state index in [0.29, 0.717) is 0 Å². The first-order valence-electron chi connectivity index (χ1n) is 7.21.